The van der Waals surface area contributed by atoms with Crippen LogP contribution in [0.2, 0.25) is 0 Å². The number of ether oxygens (including phenoxy) is 2. The maximum Gasteiger partial charge on any atom is 0.349 e. The standard InChI is InChI=1S/C27H28N2O7S/c1-17-5-2-3-8-21(17)28-27(34)29-11-9-18(10-12-29)15-35-20-7-4-6-19(13-20)23-14-22(36-16-24(30)31)25(37-23)26(32)33/h2-8,13-14,18H,9-12,15-16H2,1H3,(H,28,34)(H,30,31)(H,32,33). The summed E-state index contributed by atoms with van der Waals surface area (Å²) in [4.78, 5) is 37.4. The maximum absolute atomic E-state index is 12.6. The van der Waals surface area contributed by atoms with Gasteiger partial charge in [0.1, 0.15) is 11.5 Å². The van der Waals surface area contributed by atoms with Crippen LogP contribution in [0.4, 0.5) is 10.5 Å². The number of likely N-dealkylation sites (tertiary alicyclic amines) is 1. The van der Waals surface area contributed by atoms with Crippen molar-refractivity contribution in [2.45, 2.75) is 19.8 Å². The number of hydrogen-bond acceptors (Lipinski definition) is 6. The summed E-state index contributed by atoms with van der Waals surface area (Å²) in [5.74, 6) is -1.38. The number of rotatable bonds is 9. The number of aliphatic carboxylic acids is 1. The van der Waals surface area contributed by atoms with Crippen LogP contribution in [0.5, 0.6) is 11.5 Å². The minimum Gasteiger partial charge on any atom is -0.493 e. The molecule has 0 atom stereocenters. The molecule has 4 rings (SSSR count). The third-order valence-electron chi connectivity index (χ3n) is 6.14. The molecule has 0 bridgehead atoms. The zero-order valence-electron chi connectivity index (χ0n) is 20.3. The molecule has 2 heterocycles. The molecule has 3 aromatic rings. The summed E-state index contributed by atoms with van der Waals surface area (Å²) >= 11 is 1.02. The molecule has 2 amide bonds. The highest BCUT2D eigenvalue weighted by Crippen LogP contribution is 2.37. The molecule has 1 fully saturated rings. The molecule has 0 saturated carbocycles. The number of carboxylic acids is 2. The lowest BCUT2D eigenvalue weighted by molar-refractivity contribution is -0.139. The summed E-state index contributed by atoms with van der Waals surface area (Å²) in [7, 11) is 0. The number of urea groups is 1. The van der Waals surface area contributed by atoms with Crippen LogP contribution in [0.25, 0.3) is 10.4 Å². The minimum atomic E-state index is -1.18. The van der Waals surface area contributed by atoms with E-state index in [0.717, 1.165) is 41.0 Å². The minimum absolute atomic E-state index is 0.0273. The second kappa shape index (κ2) is 11.8. The van der Waals surface area contributed by atoms with Crippen LogP contribution in [0.1, 0.15) is 28.1 Å². The van der Waals surface area contributed by atoms with E-state index in [1.54, 1.807) is 0 Å². The molecule has 0 aliphatic carbocycles. The molecule has 1 aliphatic heterocycles. The Bertz CT molecular complexity index is 1280. The molecular formula is C27H28N2O7S. The van der Waals surface area contributed by atoms with E-state index >= 15 is 0 Å². The van der Waals surface area contributed by atoms with Gasteiger partial charge in [0.2, 0.25) is 0 Å². The maximum atomic E-state index is 12.6. The van der Waals surface area contributed by atoms with E-state index in [0.29, 0.717) is 36.2 Å². The number of para-hydroxylation sites is 1. The Balaban J connectivity index is 1.32. The fraction of sp³-hybridized carbons (Fsp3) is 0.296. The van der Waals surface area contributed by atoms with Crippen molar-refractivity contribution < 1.29 is 34.1 Å². The lowest BCUT2D eigenvalue weighted by Gasteiger charge is -2.32. The number of piperidine rings is 1. The smallest absolute Gasteiger partial charge is 0.349 e. The first-order valence-corrected chi connectivity index (χ1v) is 12.7. The van der Waals surface area contributed by atoms with Gasteiger partial charge in [0.05, 0.1) is 6.61 Å². The molecule has 0 unspecified atom stereocenters. The Morgan fingerprint density at radius 2 is 1.78 bits per heavy atom. The SMILES string of the molecule is Cc1ccccc1NC(=O)N1CCC(COc2cccc(-c3cc(OCC(=O)O)c(C(=O)O)s3)c2)CC1. The number of thiophene rings is 1. The highest BCUT2D eigenvalue weighted by atomic mass is 32.1. The number of carbonyl (C=O) groups excluding carboxylic acids is 1. The molecule has 3 N–H and O–H groups in total. The molecule has 1 aliphatic rings. The molecule has 9 nitrogen and oxygen atoms in total. The van der Waals surface area contributed by atoms with Crippen molar-refractivity contribution in [2.24, 2.45) is 5.92 Å². The van der Waals surface area contributed by atoms with Gasteiger partial charge in [-0.2, -0.15) is 0 Å². The van der Waals surface area contributed by atoms with Crippen LogP contribution in [-0.4, -0.2) is 59.4 Å². The van der Waals surface area contributed by atoms with Crippen molar-refractivity contribution in [3.05, 3.63) is 65.0 Å². The molecule has 1 saturated heterocycles. The van der Waals surface area contributed by atoms with Gasteiger partial charge in [0.15, 0.2) is 11.5 Å². The van der Waals surface area contributed by atoms with Crippen LogP contribution in [0, 0.1) is 12.8 Å². The van der Waals surface area contributed by atoms with Gasteiger partial charge in [-0.05, 0) is 61.1 Å². The zero-order valence-corrected chi connectivity index (χ0v) is 21.1. The first-order chi connectivity index (χ1) is 17.8. The number of aryl methyl sites for hydroxylation is 1. The van der Waals surface area contributed by atoms with Crippen LogP contribution in [0.3, 0.4) is 0 Å². The third-order valence-corrected chi connectivity index (χ3v) is 7.29. The second-order valence-electron chi connectivity index (χ2n) is 8.81. The topological polar surface area (TPSA) is 125 Å². The molecule has 2 aromatic carbocycles. The number of anilines is 1. The van der Waals surface area contributed by atoms with Gasteiger partial charge in [-0.1, -0.05) is 30.3 Å². The van der Waals surface area contributed by atoms with Gasteiger partial charge in [0, 0.05) is 23.7 Å². The molecule has 37 heavy (non-hydrogen) atoms. The highest BCUT2D eigenvalue weighted by molar-refractivity contribution is 7.17. The third kappa shape index (κ3) is 6.79. The van der Waals surface area contributed by atoms with Gasteiger partial charge in [-0.25, -0.2) is 14.4 Å². The number of hydrogen-bond donors (Lipinski definition) is 3. The van der Waals surface area contributed by atoms with E-state index in [1.165, 1.54) is 6.07 Å². The predicted octanol–water partition coefficient (Wildman–Crippen LogP) is 5.21. The fourth-order valence-electron chi connectivity index (χ4n) is 4.08. The van der Waals surface area contributed by atoms with Crippen molar-refractivity contribution in [2.75, 3.05) is 31.6 Å². The largest absolute Gasteiger partial charge is 0.493 e. The number of carboxylic acid groups (broad SMARTS) is 2. The first kappa shape index (κ1) is 26.0. The quantitative estimate of drug-likeness (QED) is 0.351. The van der Waals surface area contributed by atoms with Gasteiger partial charge < -0.3 is 29.9 Å². The Hall–Kier alpha value is -4.05. The molecule has 194 valence electrons. The Kier molecular flexibility index (Phi) is 8.29. The number of nitrogens with one attached hydrogen (secondary N) is 1. The van der Waals surface area contributed by atoms with E-state index in [9.17, 15) is 19.5 Å². The van der Waals surface area contributed by atoms with Crippen molar-refractivity contribution in [1.82, 2.24) is 4.90 Å². The van der Waals surface area contributed by atoms with E-state index in [-0.39, 0.29) is 16.7 Å². The van der Waals surface area contributed by atoms with Crippen molar-refractivity contribution in [3.63, 3.8) is 0 Å². The average molecular weight is 525 g/mol. The fourth-order valence-corrected chi connectivity index (χ4v) is 5.01. The molecule has 10 heteroatoms. The van der Waals surface area contributed by atoms with Gasteiger partial charge >= 0.3 is 18.0 Å². The molecular weight excluding hydrogens is 496 g/mol. The summed E-state index contributed by atoms with van der Waals surface area (Å²) < 4.78 is 11.2. The van der Waals surface area contributed by atoms with Crippen LogP contribution in [-0.2, 0) is 4.79 Å². The number of amides is 2. The predicted molar refractivity (Wildman–Crippen MR) is 140 cm³/mol. The second-order valence-corrected chi connectivity index (χ2v) is 9.86. The number of carbonyl (C=O) groups is 3. The van der Waals surface area contributed by atoms with Gasteiger partial charge in [-0.3, -0.25) is 0 Å². The number of nitrogens with zero attached hydrogens (tertiary/aromatic N) is 1. The lowest BCUT2D eigenvalue weighted by Crippen LogP contribution is -2.42. The van der Waals surface area contributed by atoms with Crippen molar-refractivity contribution >= 4 is 35.0 Å². The summed E-state index contributed by atoms with van der Waals surface area (Å²) in [6, 6.07) is 16.4. The lowest BCUT2D eigenvalue weighted by atomic mass is 9.98. The number of benzene rings is 2. The first-order valence-electron chi connectivity index (χ1n) is 11.9. The average Bonchev–Trinajstić information content (AvgIpc) is 3.33. The van der Waals surface area contributed by atoms with Crippen LogP contribution in [0.15, 0.2) is 54.6 Å². The Morgan fingerprint density at radius 3 is 2.49 bits per heavy atom. The summed E-state index contributed by atoms with van der Waals surface area (Å²) in [5.41, 5.74) is 2.59. The van der Waals surface area contributed by atoms with E-state index in [2.05, 4.69) is 5.32 Å². The number of aromatic carboxylic acids is 1. The van der Waals surface area contributed by atoms with E-state index in [1.807, 2.05) is 60.4 Å². The molecule has 0 spiro atoms. The van der Waals surface area contributed by atoms with Crippen LogP contribution >= 0.6 is 11.3 Å². The van der Waals surface area contributed by atoms with E-state index < -0.39 is 18.5 Å². The molecule has 0 radical (unpaired) electrons. The highest BCUT2D eigenvalue weighted by Gasteiger charge is 2.24. The van der Waals surface area contributed by atoms with Crippen molar-refractivity contribution in [1.29, 1.82) is 0 Å². The zero-order chi connectivity index (χ0) is 26.4. The summed E-state index contributed by atoms with van der Waals surface area (Å²) in [6.07, 6.45) is 1.66. The normalized spacial score (nSPS) is 13.7. The van der Waals surface area contributed by atoms with Crippen LogP contribution < -0.4 is 14.8 Å². The van der Waals surface area contributed by atoms with Gasteiger partial charge in [-0.15, -0.1) is 11.3 Å². The molecule has 1 aromatic heterocycles. The Labute approximate surface area is 218 Å². The Morgan fingerprint density at radius 1 is 1.03 bits per heavy atom. The van der Waals surface area contributed by atoms with Crippen molar-refractivity contribution in [3.8, 4) is 21.9 Å². The summed E-state index contributed by atoms with van der Waals surface area (Å²) in [5, 5.41) is 21.3. The van der Waals surface area contributed by atoms with E-state index in [4.69, 9.17) is 14.6 Å². The summed E-state index contributed by atoms with van der Waals surface area (Å²) in [6.45, 7) is 3.15. The monoisotopic (exact) mass is 524 g/mol. The van der Waals surface area contributed by atoms with Gasteiger partial charge in [0.25, 0.3) is 0 Å².